The van der Waals surface area contributed by atoms with Gasteiger partial charge in [-0.1, -0.05) is 35.7 Å². The molecule has 0 atom stereocenters. The highest BCUT2D eigenvalue weighted by atomic mass is 79.9. The second kappa shape index (κ2) is 8.26. The van der Waals surface area contributed by atoms with Gasteiger partial charge in [-0.25, -0.2) is 0 Å². The van der Waals surface area contributed by atoms with Crippen molar-refractivity contribution in [3.05, 3.63) is 61.0 Å². The van der Waals surface area contributed by atoms with E-state index in [0.29, 0.717) is 17.6 Å². The molecule has 0 amide bonds. The maximum absolute atomic E-state index is 13.3. The Kier molecular flexibility index (Phi) is 5.94. The van der Waals surface area contributed by atoms with Crippen LogP contribution >= 0.6 is 15.9 Å². The first-order valence-corrected chi connectivity index (χ1v) is 10.2. The van der Waals surface area contributed by atoms with Gasteiger partial charge in [-0.05, 0) is 44.0 Å². The number of hydrogen-bond acceptors (Lipinski definition) is 5. The molecule has 0 aliphatic rings. The van der Waals surface area contributed by atoms with Crippen LogP contribution < -0.4 is 5.56 Å². The van der Waals surface area contributed by atoms with E-state index in [1.807, 2.05) is 25.1 Å². The van der Waals surface area contributed by atoms with Gasteiger partial charge in [0, 0.05) is 22.0 Å². The molecule has 0 aliphatic carbocycles. The van der Waals surface area contributed by atoms with Crippen molar-refractivity contribution in [1.29, 1.82) is 5.26 Å². The van der Waals surface area contributed by atoms with Crippen molar-refractivity contribution in [3.63, 3.8) is 0 Å². The first kappa shape index (κ1) is 20.9. The normalized spacial score (nSPS) is 11.0. The smallest absolute Gasteiger partial charge is 0.271 e. The number of benzene rings is 1. The SMILES string of the molecule is CCCCCn1c(O)c(C(=O)c2oc3cc(Br)ccc3c2C)c(C)c(C#N)c1=O. The summed E-state index contributed by atoms with van der Waals surface area (Å²) < 4.78 is 7.71. The van der Waals surface area contributed by atoms with Crippen LogP contribution in [-0.2, 0) is 6.54 Å². The zero-order valence-corrected chi connectivity index (χ0v) is 18.1. The molecule has 1 aromatic carbocycles. The highest BCUT2D eigenvalue weighted by molar-refractivity contribution is 9.10. The predicted molar refractivity (Wildman–Crippen MR) is 113 cm³/mol. The Morgan fingerprint density at radius 3 is 2.66 bits per heavy atom. The number of halogens is 1. The average Bonchev–Trinajstić information content (AvgIpc) is 3.00. The maximum atomic E-state index is 13.3. The number of nitrogens with zero attached hydrogens (tertiary/aromatic N) is 2. The molecule has 29 heavy (non-hydrogen) atoms. The molecule has 2 heterocycles. The lowest BCUT2D eigenvalue weighted by molar-refractivity contribution is 0.100. The van der Waals surface area contributed by atoms with Crippen LogP contribution in [0, 0.1) is 25.2 Å². The van der Waals surface area contributed by atoms with Crippen molar-refractivity contribution in [2.45, 2.75) is 46.6 Å². The molecule has 0 saturated carbocycles. The lowest BCUT2D eigenvalue weighted by Crippen LogP contribution is -2.27. The van der Waals surface area contributed by atoms with E-state index in [1.165, 1.54) is 6.92 Å². The summed E-state index contributed by atoms with van der Waals surface area (Å²) in [6.45, 7) is 5.52. The van der Waals surface area contributed by atoms with Crippen molar-refractivity contribution < 1.29 is 14.3 Å². The third-order valence-electron chi connectivity index (χ3n) is 5.12. The monoisotopic (exact) mass is 456 g/mol. The number of aromatic nitrogens is 1. The predicted octanol–water partition coefficient (Wildman–Crippen LogP) is 4.97. The van der Waals surface area contributed by atoms with Gasteiger partial charge in [0.15, 0.2) is 5.76 Å². The van der Waals surface area contributed by atoms with E-state index in [2.05, 4.69) is 15.9 Å². The summed E-state index contributed by atoms with van der Waals surface area (Å²) >= 11 is 3.38. The number of furan rings is 1. The van der Waals surface area contributed by atoms with E-state index in [1.54, 1.807) is 13.0 Å². The Bertz CT molecular complexity index is 1210. The van der Waals surface area contributed by atoms with Crippen molar-refractivity contribution in [1.82, 2.24) is 4.57 Å². The van der Waals surface area contributed by atoms with Gasteiger partial charge in [-0.15, -0.1) is 0 Å². The van der Waals surface area contributed by atoms with Crippen molar-refractivity contribution in [3.8, 4) is 11.9 Å². The molecular formula is C22H21BrN2O4. The molecule has 0 bridgehead atoms. The summed E-state index contributed by atoms with van der Waals surface area (Å²) in [4.78, 5) is 26.0. The summed E-state index contributed by atoms with van der Waals surface area (Å²) in [6.07, 6.45) is 2.46. The molecule has 2 aromatic heterocycles. The van der Waals surface area contributed by atoms with Gasteiger partial charge in [-0.3, -0.25) is 14.2 Å². The van der Waals surface area contributed by atoms with Gasteiger partial charge in [-0.2, -0.15) is 5.26 Å². The number of fused-ring (bicyclic) bond motifs is 1. The minimum atomic E-state index is -0.583. The van der Waals surface area contributed by atoms with E-state index in [9.17, 15) is 20.0 Å². The average molecular weight is 457 g/mol. The Labute approximate surface area is 176 Å². The number of unbranched alkanes of at least 4 members (excludes halogenated alkanes) is 2. The number of aromatic hydroxyl groups is 1. The third kappa shape index (κ3) is 3.60. The number of rotatable bonds is 6. The maximum Gasteiger partial charge on any atom is 0.271 e. The zero-order valence-electron chi connectivity index (χ0n) is 16.5. The van der Waals surface area contributed by atoms with E-state index < -0.39 is 17.2 Å². The zero-order chi connectivity index (χ0) is 21.3. The minimum Gasteiger partial charge on any atom is -0.494 e. The van der Waals surface area contributed by atoms with Crippen molar-refractivity contribution in [2.75, 3.05) is 0 Å². The van der Waals surface area contributed by atoms with Crippen LogP contribution in [0.15, 0.2) is 31.9 Å². The van der Waals surface area contributed by atoms with Crippen molar-refractivity contribution >= 4 is 32.7 Å². The summed E-state index contributed by atoms with van der Waals surface area (Å²) in [5.74, 6) is -0.890. The lowest BCUT2D eigenvalue weighted by Gasteiger charge is -2.15. The number of pyridine rings is 1. The van der Waals surface area contributed by atoms with Crippen LogP contribution in [0.1, 0.15) is 59.0 Å². The van der Waals surface area contributed by atoms with Crippen LogP contribution in [-0.4, -0.2) is 15.5 Å². The molecule has 1 N–H and O–H groups in total. The summed E-state index contributed by atoms with van der Waals surface area (Å²) in [5, 5.41) is 21.1. The topological polar surface area (TPSA) is 96.2 Å². The van der Waals surface area contributed by atoms with Gasteiger partial charge < -0.3 is 9.52 Å². The molecule has 6 nitrogen and oxygen atoms in total. The quantitative estimate of drug-likeness (QED) is 0.416. The summed E-state index contributed by atoms with van der Waals surface area (Å²) in [6, 6.07) is 7.34. The molecule has 3 aromatic rings. The second-order valence-corrected chi connectivity index (χ2v) is 7.92. The Hall–Kier alpha value is -2.85. The molecule has 0 spiro atoms. The largest absolute Gasteiger partial charge is 0.494 e. The Morgan fingerprint density at radius 2 is 2.00 bits per heavy atom. The Balaban J connectivity index is 2.21. The molecule has 7 heteroatoms. The van der Waals surface area contributed by atoms with E-state index in [4.69, 9.17) is 4.42 Å². The molecular weight excluding hydrogens is 436 g/mol. The number of aryl methyl sites for hydroxylation is 1. The fourth-order valence-corrected chi connectivity index (χ4v) is 3.82. The van der Waals surface area contributed by atoms with Gasteiger partial charge in [0.1, 0.15) is 17.2 Å². The number of carbonyl (C=O) groups excluding carboxylic acids is 1. The van der Waals surface area contributed by atoms with Gasteiger partial charge in [0.2, 0.25) is 11.7 Å². The molecule has 0 fully saturated rings. The number of hydrogen-bond donors (Lipinski definition) is 1. The first-order valence-electron chi connectivity index (χ1n) is 9.41. The number of ketones is 1. The molecule has 0 aliphatic heterocycles. The van der Waals surface area contributed by atoms with E-state index in [-0.39, 0.29) is 29.0 Å². The number of carbonyl (C=O) groups is 1. The molecule has 150 valence electrons. The Morgan fingerprint density at radius 1 is 1.28 bits per heavy atom. The second-order valence-electron chi connectivity index (χ2n) is 7.00. The van der Waals surface area contributed by atoms with Crippen molar-refractivity contribution in [2.24, 2.45) is 0 Å². The van der Waals surface area contributed by atoms with Gasteiger partial charge in [0.05, 0.1) is 5.56 Å². The highest BCUT2D eigenvalue weighted by Crippen LogP contribution is 2.32. The molecule has 0 saturated heterocycles. The minimum absolute atomic E-state index is 0.0705. The third-order valence-corrected chi connectivity index (χ3v) is 5.61. The van der Waals surface area contributed by atoms with Crippen LogP contribution in [0.25, 0.3) is 11.0 Å². The van der Waals surface area contributed by atoms with Crippen LogP contribution in [0.2, 0.25) is 0 Å². The summed E-state index contributed by atoms with van der Waals surface area (Å²) in [5.41, 5.74) is 0.541. The lowest BCUT2D eigenvalue weighted by atomic mass is 9.98. The standard InChI is InChI=1S/C22H21BrN2O4/c1-4-5-6-9-25-21(27)16(11-24)12(2)18(22(25)28)19(26)20-13(3)15-8-7-14(23)10-17(15)29-20/h7-8,10,28H,4-6,9H2,1-3H3. The molecule has 0 unspecified atom stereocenters. The fraction of sp³-hybridized carbons (Fsp3) is 0.318. The van der Waals surface area contributed by atoms with Gasteiger partial charge >= 0.3 is 0 Å². The van der Waals surface area contributed by atoms with Gasteiger partial charge in [0.25, 0.3) is 5.56 Å². The van der Waals surface area contributed by atoms with Crippen LogP contribution in [0.5, 0.6) is 5.88 Å². The van der Waals surface area contributed by atoms with Crippen LogP contribution in [0.4, 0.5) is 0 Å². The first-order chi connectivity index (χ1) is 13.8. The molecule has 0 radical (unpaired) electrons. The summed E-state index contributed by atoms with van der Waals surface area (Å²) in [7, 11) is 0. The molecule has 3 rings (SSSR count). The fourth-order valence-electron chi connectivity index (χ4n) is 3.48. The highest BCUT2D eigenvalue weighted by Gasteiger charge is 2.28. The number of nitriles is 1. The van der Waals surface area contributed by atoms with E-state index in [0.717, 1.165) is 27.3 Å². The van der Waals surface area contributed by atoms with E-state index >= 15 is 0 Å². The van der Waals surface area contributed by atoms with Crippen LogP contribution in [0.3, 0.4) is 0 Å².